The number of esters is 1. The summed E-state index contributed by atoms with van der Waals surface area (Å²) >= 11 is 0. The lowest BCUT2D eigenvalue weighted by molar-refractivity contribution is -0.140. The molecule has 0 aromatic heterocycles. The van der Waals surface area contributed by atoms with Gasteiger partial charge >= 0.3 is 12.1 Å². The van der Waals surface area contributed by atoms with Crippen molar-refractivity contribution in [3.8, 4) is 16.9 Å². The maximum atomic E-state index is 13.2. The van der Waals surface area contributed by atoms with Gasteiger partial charge in [-0.3, -0.25) is 0 Å². The van der Waals surface area contributed by atoms with Crippen LogP contribution in [-0.2, 0) is 15.7 Å². The number of rotatable bonds is 4. The third-order valence-corrected chi connectivity index (χ3v) is 2.88. The second kappa shape index (κ2) is 9.53. The van der Waals surface area contributed by atoms with Crippen molar-refractivity contribution in [2.24, 2.45) is 5.73 Å². The molecular weight excluding hydrogens is 359 g/mol. The average Bonchev–Trinajstić information content (AvgIpc) is 2.53. The van der Waals surface area contributed by atoms with E-state index in [4.69, 9.17) is 10.5 Å². The Hall–Kier alpha value is -2.38. The van der Waals surface area contributed by atoms with Crippen LogP contribution in [0.2, 0.25) is 0 Å². The monoisotopic (exact) mass is 383 g/mol. The molecule has 2 N–H and O–H groups in total. The minimum Gasteiger partial charge on any atom is -0.424 e. The number of carbonyl (C=O) groups excluding carboxylic acids is 1. The van der Waals surface area contributed by atoms with E-state index in [-0.39, 0.29) is 23.5 Å². The minimum absolute atomic E-state index is 0. The van der Waals surface area contributed by atoms with Crippen LogP contribution in [0.4, 0.5) is 13.2 Å². The van der Waals surface area contributed by atoms with Crippen LogP contribution >= 0.6 is 0 Å². The Balaban J connectivity index is 0.000000646. The van der Waals surface area contributed by atoms with Crippen molar-refractivity contribution in [1.29, 1.82) is 0 Å². The molecule has 0 saturated heterocycles. The van der Waals surface area contributed by atoms with Crippen molar-refractivity contribution in [2.45, 2.75) is 32.5 Å². The summed E-state index contributed by atoms with van der Waals surface area (Å²) in [6.45, 7) is 5.55. The number of hydrogen-bond donors (Lipinski definition) is 1. The van der Waals surface area contributed by atoms with Gasteiger partial charge in [0.25, 0.3) is 0 Å². The van der Waals surface area contributed by atoms with Gasteiger partial charge in [-0.25, -0.2) is 4.79 Å². The molecule has 0 aliphatic carbocycles. The highest BCUT2D eigenvalue weighted by molar-refractivity contribution is 5.80. The topological polar surface area (TPSA) is 61.5 Å². The van der Waals surface area contributed by atoms with Crippen molar-refractivity contribution >= 4 is 5.97 Å². The van der Waals surface area contributed by atoms with E-state index in [0.717, 1.165) is 6.07 Å². The summed E-state index contributed by atoms with van der Waals surface area (Å²) < 4.78 is 49.3. The zero-order chi connectivity index (χ0) is 20.7. The maximum Gasteiger partial charge on any atom is 0.417 e. The van der Waals surface area contributed by atoms with E-state index < -0.39 is 17.7 Å². The molecule has 0 unspecified atom stereocenters. The molecule has 0 spiro atoms. The van der Waals surface area contributed by atoms with Crippen molar-refractivity contribution < 1.29 is 27.4 Å². The predicted molar refractivity (Wildman–Crippen MR) is 98.3 cm³/mol. The van der Waals surface area contributed by atoms with E-state index in [1.807, 2.05) is 20.8 Å². The quantitative estimate of drug-likeness (QED) is 0.616. The fourth-order valence-electron chi connectivity index (χ4n) is 2.02. The van der Waals surface area contributed by atoms with Gasteiger partial charge in [0.2, 0.25) is 0 Å². The first kappa shape index (κ1) is 22.7. The van der Waals surface area contributed by atoms with Gasteiger partial charge in [0, 0.05) is 18.2 Å². The standard InChI is InChI=1S/C16H13F3O3.C4H11N/c1-21-10-14(20)22-13-9-5-8-12(16(17,18)19)15(13)11-6-3-2-4-7-11;1-4(2,3)5/h2-9H,10H2,1H3;5H2,1-3H3. The summed E-state index contributed by atoms with van der Waals surface area (Å²) in [5, 5.41) is 0. The molecule has 2 rings (SSSR count). The molecule has 2 aromatic rings. The number of carbonyl (C=O) groups is 1. The van der Waals surface area contributed by atoms with E-state index in [9.17, 15) is 18.0 Å². The lowest BCUT2D eigenvalue weighted by Crippen LogP contribution is -2.26. The van der Waals surface area contributed by atoms with Gasteiger partial charge < -0.3 is 15.2 Å². The molecule has 0 fully saturated rings. The van der Waals surface area contributed by atoms with Gasteiger partial charge in [0.05, 0.1) is 5.56 Å². The highest BCUT2D eigenvalue weighted by atomic mass is 19.4. The van der Waals surface area contributed by atoms with Crippen LogP contribution in [-0.4, -0.2) is 25.2 Å². The molecule has 148 valence electrons. The van der Waals surface area contributed by atoms with Gasteiger partial charge in [0.1, 0.15) is 12.4 Å². The average molecular weight is 383 g/mol. The SMILES string of the molecule is CC(C)(C)N.COCC(=O)Oc1cccc(C(F)(F)F)c1-c1ccccc1. The van der Waals surface area contributed by atoms with Crippen molar-refractivity contribution in [3.63, 3.8) is 0 Å². The molecule has 7 heteroatoms. The van der Waals surface area contributed by atoms with E-state index in [1.54, 1.807) is 18.2 Å². The van der Waals surface area contributed by atoms with Gasteiger partial charge in [0.15, 0.2) is 0 Å². The summed E-state index contributed by atoms with van der Waals surface area (Å²) in [7, 11) is 1.30. The first-order chi connectivity index (χ1) is 12.4. The van der Waals surface area contributed by atoms with Crippen LogP contribution in [0.25, 0.3) is 11.1 Å². The molecule has 0 heterocycles. The zero-order valence-corrected chi connectivity index (χ0v) is 15.8. The van der Waals surface area contributed by atoms with Crippen LogP contribution in [0.3, 0.4) is 0 Å². The fraction of sp³-hybridized carbons (Fsp3) is 0.350. The molecule has 27 heavy (non-hydrogen) atoms. The molecule has 0 atom stereocenters. The summed E-state index contributed by atoms with van der Waals surface area (Å²) in [5.74, 6) is -0.915. The summed E-state index contributed by atoms with van der Waals surface area (Å²) in [5.41, 5.74) is 4.64. The molecule has 0 radical (unpaired) electrons. The van der Waals surface area contributed by atoms with Crippen LogP contribution < -0.4 is 10.5 Å². The molecule has 0 aliphatic rings. The van der Waals surface area contributed by atoms with E-state index in [1.165, 1.54) is 31.4 Å². The number of halogens is 3. The second-order valence-corrected chi connectivity index (χ2v) is 6.82. The largest absolute Gasteiger partial charge is 0.424 e. The Morgan fingerprint density at radius 1 is 1.00 bits per heavy atom. The Bertz CT molecular complexity index is 732. The number of hydrogen-bond acceptors (Lipinski definition) is 4. The first-order valence-electron chi connectivity index (χ1n) is 8.17. The van der Waals surface area contributed by atoms with Crippen molar-refractivity contribution in [1.82, 2.24) is 0 Å². The molecule has 0 bridgehead atoms. The van der Waals surface area contributed by atoms with Gasteiger partial charge in [-0.15, -0.1) is 0 Å². The lowest BCUT2D eigenvalue weighted by atomic mass is 9.98. The Kier molecular flexibility index (Phi) is 7.99. The predicted octanol–water partition coefficient (Wildman–Crippen LogP) is 4.67. The molecule has 4 nitrogen and oxygen atoms in total. The highest BCUT2D eigenvalue weighted by Gasteiger charge is 2.35. The molecule has 2 aromatic carbocycles. The number of methoxy groups -OCH3 is 1. The van der Waals surface area contributed by atoms with Crippen LogP contribution in [0.1, 0.15) is 26.3 Å². The van der Waals surface area contributed by atoms with Crippen molar-refractivity contribution in [3.05, 3.63) is 54.1 Å². The van der Waals surface area contributed by atoms with Crippen LogP contribution in [0.5, 0.6) is 5.75 Å². The second-order valence-electron chi connectivity index (χ2n) is 6.82. The number of ether oxygens (including phenoxy) is 2. The Morgan fingerprint density at radius 3 is 2.04 bits per heavy atom. The van der Waals surface area contributed by atoms with Gasteiger partial charge in [-0.2, -0.15) is 13.2 Å². The molecular formula is C20H24F3NO3. The fourth-order valence-corrected chi connectivity index (χ4v) is 2.02. The number of alkyl halides is 3. The number of benzene rings is 2. The van der Waals surface area contributed by atoms with Crippen LogP contribution in [0, 0.1) is 0 Å². The first-order valence-corrected chi connectivity index (χ1v) is 8.17. The van der Waals surface area contributed by atoms with Crippen molar-refractivity contribution in [2.75, 3.05) is 13.7 Å². The Morgan fingerprint density at radius 2 is 1.56 bits per heavy atom. The zero-order valence-electron chi connectivity index (χ0n) is 15.8. The van der Waals surface area contributed by atoms with Gasteiger partial charge in [-0.1, -0.05) is 36.4 Å². The third-order valence-electron chi connectivity index (χ3n) is 2.88. The minimum atomic E-state index is -4.56. The summed E-state index contributed by atoms with van der Waals surface area (Å²) in [4.78, 5) is 11.5. The van der Waals surface area contributed by atoms with Crippen LogP contribution in [0.15, 0.2) is 48.5 Å². The summed E-state index contributed by atoms with van der Waals surface area (Å²) in [6, 6.07) is 11.4. The summed E-state index contributed by atoms with van der Waals surface area (Å²) in [6.07, 6.45) is -4.56. The highest BCUT2D eigenvalue weighted by Crippen LogP contribution is 2.42. The molecule has 0 aliphatic heterocycles. The lowest BCUT2D eigenvalue weighted by Gasteiger charge is -2.16. The van der Waals surface area contributed by atoms with E-state index in [2.05, 4.69) is 4.74 Å². The Labute approximate surface area is 157 Å². The third kappa shape index (κ3) is 8.23. The van der Waals surface area contributed by atoms with E-state index in [0.29, 0.717) is 5.56 Å². The smallest absolute Gasteiger partial charge is 0.417 e. The van der Waals surface area contributed by atoms with Gasteiger partial charge in [-0.05, 0) is 38.5 Å². The molecule has 0 saturated carbocycles. The maximum absolute atomic E-state index is 13.2. The normalized spacial score (nSPS) is 11.4. The van der Waals surface area contributed by atoms with E-state index >= 15 is 0 Å². The number of nitrogens with two attached hydrogens (primary N) is 1. The molecule has 0 amide bonds.